The summed E-state index contributed by atoms with van der Waals surface area (Å²) in [7, 11) is 1.66. The van der Waals surface area contributed by atoms with E-state index in [0.717, 1.165) is 5.75 Å². The number of aromatic nitrogens is 2. The number of H-pyrrole nitrogens is 1. The lowest BCUT2D eigenvalue weighted by Crippen LogP contribution is -2.37. The lowest BCUT2D eigenvalue weighted by atomic mass is 10.2. The van der Waals surface area contributed by atoms with Crippen LogP contribution >= 0.6 is 11.8 Å². The van der Waals surface area contributed by atoms with E-state index in [4.69, 9.17) is 0 Å². The summed E-state index contributed by atoms with van der Waals surface area (Å²) in [6, 6.07) is 4.38. The fourth-order valence-corrected chi connectivity index (χ4v) is 2.60. The van der Waals surface area contributed by atoms with Gasteiger partial charge < -0.3 is 15.0 Å². The van der Waals surface area contributed by atoms with Gasteiger partial charge in [-0.2, -0.15) is 11.8 Å². The Bertz CT molecular complexity index is 647. The summed E-state index contributed by atoms with van der Waals surface area (Å²) in [4.78, 5) is 20.9. The number of carbonyl (C=O) groups is 1. The molecule has 22 heavy (non-hydrogen) atoms. The molecule has 0 spiro atoms. The molecule has 1 aromatic carbocycles. The molecule has 1 heterocycles. The number of likely N-dealkylation sites (N-methyl/N-ethyl adjacent to an activating group) is 1. The number of halogens is 1. The van der Waals surface area contributed by atoms with Crippen molar-refractivity contribution in [3.8, 4) is 0 Å². The van der Waals surface area contributed by atoms with Crippen LogP contribution in [0.25, 0.3) is 11.0 Å². The first-order valence-corrected chi connectivity index (χ1v) is 8.46. The maximum absolute atomic E-state index is 13.1. The van der Waals surface area contributed by atoms with Gasteiger partial charge >= 0.3 is 0 Å². The zero-order chi connectivity index (χ0) is 16.1. The number of amides is 1. The molecular formula is C15H20FN3O2S. The van der Waals surface area contributed by atoms with Crippen LogP contribution < -0.4 is 0 Å². The zero-order valence-corrected chi connectivity index (χ0v) is 13.5. The number of benzene rings is 1. The monoisotopic (exact) mass is 325 g/mol. The molecular weight excluding hydrogens is 305 g/mol. The van der Waals surface area contributed by atoms with Gasteiger partial charge in [0.05, 0.1) is 11.0 Å². The Labute approximate surface area is 132 Å². The molecule has 0 fully saturated rings. The van der Waals surface area contributed by atoms with Gasteiger partial charge in [-0.25, -0.2) is 9.37 Å². The van der Waals surface area contributed by atoms with Crippen LogP contribution in [0.3, 0.4) is 0 Å². The van der Waals surface area contributed by atoms with Gasteiger partial charge in [-0.3, -0.25) is 4.79 Å². The average Bonchev–Trinajstić information content (AvgIpc) is 2.91. The number of hydrogen-bond donors (Lipinski definition) is 2. The second-order valence-corrected chi connectivity index (χ2v) is 6.14. The number of hydrogen-bond acceptors (Lipinski definition) is 4. The van der Waals surface area contributed by atoms with Crippen molar-refractivity contribution in [2.45, 2.75) is 18.9 Å². The quantitative estimate of drug-likeness (QED) is 0.815. The standard InChI is InChI=1S/C15H20FN3O2S/c1-19(15(21)13(20)6-8-22-2)7-5-14-17-11-4-3-10(16)9-12(11)18-14/h3-4,9,13,20H,5-8H2,1-2H3,(H,17,18)/t13-/m1/s1. The van der Waals surface area contributed by atoms with Crippen molar-refractivity contribution in [1.29, 1.82) is 0 Å². The van der Waals surface area contributed by atoms with Crippen molar-refractivity contribution in [3.63, 3.8) is 0 Å². The molecule has 2 N–H and O–H groups in total. The average molecular weight is 325 g/mol. The smallest absolute Gasteiger partial charge is 0.251 e. The third kappa shape index (κ3) is 4.20. The van der Waals surface area contributed by atoms with Crippen molar-refractivity contribution in [1.82, 2.24) is 14.9 Å². The summed E-state index contributed by atoms with van der Waals surface area (Å²) in [5, 5.41) is 9.79. The molecule has 0 aliphatic heterocycles. The summed E-state index contributed by atoms with van der Waals surface area (Å²) >= 11 is 1.60. The summed E-state index contributed by atoms with van der Waals surface area (Å²) in [6.45, 7) is 0.442. The lowest BCUT2D eigenvalue weighted by molar-refractivity contribution is -0.138. The number of nitrogens with one attached hydrogen (secondary N) is 1. The fraction of sp³-hybridized carbons (Fsp3) is 0.467. The molecule has 0 bridgehead atoms. The van der Waals surface area contributed by atoms with Gasteiger partial charge in [0.1, 0.15) is 17.7 Å². The second-order valence-electron chi connectivity index (χ2n) is 5.15. The lowest BCUT2D eigenvalue weighted by Gasteiger charge is -2.20. The second kappa shape index (κ2) is 7.60. The van der Waals surface area contributed by atoms with Crippen molar-refractivity contribution >= 4 is 28.7 Å². The molecule has 1 aromatic heterocycles. The van der Waals surface area contributed by atoms with E-state index < -0.39 is 6.10 Å². The highest BCUT2D eigenvalue weighted by molar-refractivity contribution is 7.98. The summed E-state index contributed by atoms with van der Waals surface area (Å²) in [6.07, 6.45) is 1.95. The molecule has 0 radical (unpaired) electrons. The molecule has 0 aliphatic rings. The highest BCUT2D eigenvalue weighted by atomic mass is 32.2. The SMILES string of the molecule is CSCC[C@@H](O)C(=O)N(C)CCc1nc2ccc(F)cc2[nH]1. The number of fused-ring (bicyclic) bond motifs is 1. The number of nitrogens with zero attached hydrogens (tertiary/aromatic N) is 2. The van der Waals surface area contributed by atoms with Crippen molar-refractivity contribution in [2.24, 2.45) is 0 Å². The number of aliphatic hydroxyl groups excluding tert-OH is 1. The molecule has 0 aliphatic carbocycles. The van der Waals surface area contributed by atoms with Gasteiger partial charge in [-0.1, -0.05) is 0 Å². The number of aliphatic hydroxyl groups is 1. The van der Waals surface area contributed by atoms with E-state index in [-0.39, 0.29) is 11.7 Å². The minimum atomic E-state index is -0.956. The van der Waals surface area contributed by atoms with Crippen LogP contribution in [-0.2, 0) is 11.2 Å². The van der Waals surface area contributed by atoms with E-state index >= 15 is 0 Å². The van der Waals surface area contributed by atoms with Crippen LogP contribution in [0.1, 0.15) is 12.2 Å². The van der Waals surface area contributed by atoms with Crippen LogP contribution in [0, 0.1) is 5.82 Å². The first-order chi connectivity index (χ1) is 10.5. The van der Waals surface area contributed by atoms with E-state index in [1.165, 1.54) is 17.0 Å². The van der Waals surface area contributed by atoms with Crippen LogP contribution in [0.4, 0.5) is 4.39 Å². The van der Waals surface area contributed by atoms with Gasteiger partial charge in [-0.05, 0) is 36.6 Å². The molecule has 120 valence electrons. The highest BCUT2D eigenvalue weighted by Gasteiger charge is 2.19. The van der Waals surface area contributed by atoms with Gasteiger partial charge in [0.25, 0.3) is 5.91 Å². The predicted octanol–water partition coefficient (Wildman–Crippen LogP) is 1.82. The first kappa shape index (κ1) is 16.8. The molecule has 0 saturated heterocycles. The van der Waals surface area contributed by atoms with Crippen molar-refractivity contribution in [2.75, 3.05) is 25.6 Å². The van der Waals surface area contributed by atoms with E-state index in [2.05, 4.69) is 9.97 Å². The predicted molar refractivity (Wildman–Crippen MR) is 86.4 cm³/mol. The van der Waals surface area contributed by atoms with E-state index in [1.807, 2.05) is 6.26 Å². The number of aromatic amines is 1. The molecule has 5 nitrogen and oxygen atoms in total. The Kier molecular flexibility index (Phi) is 5.79. The van der Waals surface area contributed by atoms with Crippen LogP contribution in [0.15, 0.2) is 18.2 Å². The molecule has 2 rings (SSSR count). The zero-order valence-electron chi connectivity index (χ0n) is 12.7. The number of imidazole rings is 1. The van der Waals surface area contributed by atoms with Gasteiger partial charge in [0, 0.05) is 20.0 Å². The molecule has 1 amide bonds. The van der Waals surface area contributed by atoms with Crippen LogP contribution in [-0.4, -0.2) is 57.6 Å². The Morgan fingerprint density at radius 3 is 3.05 bits per heavy atom. The Hall–Kier alpha value is -1.60. The largest absolute Gasteiger partial charge is 0.383 e. The Balaban J connectivity index is 1.91. The molecule has 2 aromatic rings. The van der Waals surface area contributed by atoms with Crippen molar-refractivity contribution < 1.29 is 14.3 Å². The molecule has 7 heteroatoms. The highest BCUT2D eigenvalue weighted by Crippen LogP contribution is 2.13. The third-order valence-electron chi connectivity index (χ3n) is 3.43. The summed E-state index contributed by atoms with van der Waals surface area (Å²) < 4.78 is 13.1. The molecule has 1 atom stereocenters. The van der Waals surface area contributed by atoms with Gasteiger partial charge in [0.15, 0.2) is 0 Å². The molecule has 0 saturated carbocycles. The maximum Gasteiger partial charge on any atom is 0.251 e. The van der Waals surface area contributed by atoms with Crippen LogP contribution in [0.2, 0.25) is 0 Å². The normalized spacial score (nSPS) is 12.5. The molecule has 0 unspecified atom stereocenters. The fourth-order valence-electron chi connectivity index (χ4n) is 2.14. The van der Waals surface area contributed by atoms with E-state index in [1.54, 1.807) is 24.9 Å². The summed E-state index contributed by atoms with van der Waals surface area (Å²) in [5.74, 6) is 0.845. The number of rotatable bonds is 7. The first-order valence-electron chi connectivity index (χ1n) is 7.07. The Morgan fingerprint density at radius 2 is 2.32 bits per heavy atom. The maximum atomic E-state index is 13.1. The Morgan fingerprint density at radius 1 is 1.55 bits per heavy atom. The minimum absolute atomic E-state index is 0.281. The number of thioether (sulfide) groups is 1. The van der Waals surface area contributed by atoms with E-state index in [0.29, 0.717) is 36.2 Å². The van der Waals surface area contributed by atoms with Crippen LogP contribution in [0.5, 0.6) is 0 Å². The minimum Gasteiger partial charge on any atom is -0.383 e. The summed E-state index contributed by atoms with van der Waals surface area (Å²) in [5.41, 5.74) is 1.34. The van der Waals surface area contributed by atoms with Gasteiger partial charge in [0.2, 0.25) is 0 Å². The van der Waals surface area contributed by atoms with Gasteiger partial charge in [-0.15, -0.1) is 0 Å². The van der Waals surface area contributed by atoms with Crippen molar-refractivity contribution in [3.05, 3.63) is 29.8 Å². The van der Waals surface area contributed by atoms with E-state index in [9.17, 15) is 14.3 Å². The number of carbonyl (C=O) groups excluding carboxylic acids is 1. The third-order valence-corrected chi connectivity index (χ3v) is 4.08. The topological polar surface area (TPSA) is 69.2 Å².